The van der Waals surface area contributed by atoms with Crippen molar-refractivity contribution in [3.8, 4) is 5.75 Å². The van der Waals surface area contributed by atoms with E-state index in [0.29, 0.717) is 0 Å². The SMILES string of the molecule is CNCCCCCCCCCCOc1ccc2cc(Br)ccc2c1.Cl. The van der Waals surface area contributed by atoms with Gasteiger partial charge in [-0.3, -0.25) is 0 Å². The largest absolute Gasteiger partial charge is 0.494 e. The Labute approximate surface area is 167 Å². The van der Waals surface area contributed by atoms with Crippen LogP contribution in [0.15, 0.2) is 40.9 Å². The Morgan fingerprint density at radius 2 is 1.40 bits per heavy atom. The first-order valence-electron chi connectivity index (χ1n) is 9.26. The third kappa shape index (κ3) is 8.94. The van der Waals surface area contributed by atoms with Gasteiger partial charge >= 0.3 is 0 Å². The van der Waals surface area contributed by atoms with Gasteiger partial charge in [-0.25, -0.2) is 0 Å². The highest BCUT2D eigenvalue weighted by Gasteiger charge is 1.99. The zero-order valence-corrected chi connectivity index (χ0v) is 17.6. The molecule has 0 fully saturated rings. The van der Waals surface area contributed by atoms with Crippen LogP contribution in [0.5, 0.6) is 5.75 Å². The van der Waals surface area contributed by atoms with Crippen molar-refractivity contribution in [1.82, 2.24) is 5.32 Å². The first-order valence-corrected chi connectivity index (χ1v) is 10.1. The number of fused-ring (bicyclic) bond motifs is 1. The van der Waals surface area contributed by atoms with Gasteiger partial charge in [-0.15, -0.1) is 12.4 Å². The number of ether oxygens (including phenoxy) is 1. The molecule has 0 aliphatic carbocycles. The van der Waals surface area contributed by atoms with E-state index in [0.717, 1.165) is 29.8 Å². The van der Waals surface area contributed by atoms with Crippen molar-refractivity contribution in [1.29, 1.82) is 0 Å². The number of benzene rings is 2. The zero-order valence-electron chi connectivity index (χ0n) is 15.2. The van der Waals surface area contributed by atoms with Crippen LogP contribution in [-0.4, -0.2) is 20.2 Å². The van der Waals surface area contributed by atoms with Gasteiger partial charge < -0.3 is 10.1 Å². The highest BCUT2D eigenvalue weighted by atomic mass is 79.9. The highest BCUT2D eigenvalue weighted by Crippen LogP contribution is 2.24. The smallest absolute Gasteiger partial charge is 0.119 e. The van der Waals surface area contributed by atoms with E-state index in [1.54, 1.807) is 0 Å². The first kappa shape index (κ1) is 22.3. The maximum atomic E-state index is 5.90. The van der Waals surface area contributed by atoms with Crippen LogP contribution in [0.1, 0.15) is 51.4 Å². The van der Waals surface area contributed by atoms with Crippen LogP contribution >= 0.6 is 28.3 Å². The topological polar surface area (TPSA) is 21.3 Å². The second kappa shape index (κ2) is 13.4. The number of rotatable bonds is 12. The number of hydrogen-bond donors (Lipinski definition) is 1. The van der Waals surface area contributed by atoms with Gasteiger partial charge in [0.15, 0.2) is 0 Å². The van der Waals surface area contributed by atoms with Crippen molar-refractivity contribution < 1.29 is 4.74 Å². The summed E-state index contributed by atoms with van der Waals surface area (Å²) in [7, 11) is 2.03. The average Bonchev–Trinajstić information content (AvgIpc) is 2.59. The third-order valence-corrected chi connectivity index (χ3v) is 4.86. The number of halogens is 2. The van der Waals surface area contributed by atoms with Crippen LogP contribution < -0.4 is 10.1 Å². The van der Waals surface area contributed by atoms with Crippen molar-refractivity contribution in [3.63, 3.8) is 0 Å². The van der Waals surface area contributed by atoms with Crippen LogP contribution in [0, 0.1) is 0 Å². The summed E-state index contributed by atoms with van der Waals surface area (Å²) in [4.78, 5) is 0. The Balaban J connectivity index is 0.00000312. The lowest BCUT2D eigenvalue weighted by Gasteiger charge is -2.08. The van der Waals surface area contributed by atoms with Crippen LogP contribution in [0.3, 0.4) is 0 Å². The van der Waals surface area contributed by atoms with Gasteiger partial charge in [0.2, 0.25) is 0 Å². The molecule has 2 rings (SSSR count). The summed E-state index contributed by atoms with van der Waals surface area (Å²) in [6.07, 6.45) is 10.6. The molecule has 0 aliphatic rings. The van der Waals surface area contributed by atoms with Crippen LogP contribution in [-0.2, 0) is 0 Å². The maximum absolute atomic E-state index is 5.90. The van der Waals surface area contributed by atoms with Gasteiger partial charge in [-0.2, -0.15) is 0 Å². The minimum atomic E-state index is 0. The summed E-state index contributed by atoms with van der Waals surface area (Å²) < 4.78 is 7.01. The molecule has 0 unspecified atom stereocenters. The summed E-state index contributed by atoms with van der Waals surface area (Å²) in [5.41, 5.74) is 0. The molecule has 25 heavy (non-hydrogen) atoms. The summed E-state index contributed by atoms with van der Waals surface area (Å²) in [6, 6.07) is 12.7. The van der Waals surface area contributed by atoms with E-state index in [1.165, 1.54) is 55.7 Å². The number of hydrogen-bond acceptors (Lipinski definition) is 2. The fourth-order valence-electron chi connectivity index (χ4n) is 2.94. The van der Waals surface area contributed by atoms with E-state index in [-0.39, 0.29) is 12.4 Å². The van der Waals surface area contributed by atoms with E-state index in [4.69, 9.17) is 4.74 Å². The fraction of sp³-hybridized carbons (Fsp3) is 0.524. The van der Waals surface area contributed by atoms with E-state index in [1.807, 2.05) is 7.05 Å². The van der Waals surface area contributed by atoms with Crippen molar-refractivity contribution >= 4 is 39.1 Å². The summed E-state index contributed by atoms with van der Waals surface area (Å²) in [5.74, 6) is 0.981. The molecule has 0 saturated heterocycles. The molecule has 1 N–H and O–H groups in total. The second-order valence-electron chi connectivity index (χ2n) is 6.43. The minimum absolute atomic E-state index is 0. The van der Waals surface area contributed by atoms with Crippen molar-refractivity contribution in [2.24, 2.45) is 0 Å². The molecule has 2 aromatic rings. The Hall–Kier alpha value is -0.770. The second-order valence-corrected chi connectivity index (χ2v) is 7.35. The summed E-state index contributed by atoms with van der Waals surface area (Å²) in [5, 5.41) is 5.68. The summed E-state index contributed by atoms with van der Waals surface area (Å²) >= 11 is 3.51. The predicted octanol–water partition coefficient (Wildman–Crippen LogP) is 6.74. The average molecular weight is 429 g/mol. The maximum Gasteiger partial charge on any atom is 0.119 e. The van der Waals surface area contributed by atoms with Gasteiger partial charge in [0, 0.05) is 4.47 Å². The highest BCUT2D eigenvalue weighted by molar-refractivity contribution is 9.10. The fourth-order valence-corrected chi connectivity index (χ4v) is 3.32. The molecule has 0 atom stereocenters. The molecule has 0 radical (unpaired) electrons. The van der Waals surface area contributed by atoms with Gasteiger partial charge in [0.25, 0.3) is 0 Å². The molecule has 2 nitrogen and oxygen atoms in total. The molecule has 0 bridgehead atoms. The van der Waals surface area contributed by atoms with E-state index in [2.05, 4.69) is 57.6 Å². The minimum Gasteiger partial charge on any atom is -0.494 e. The Bertz CT molecular complexity index is 605. The lowest BCUT2D eigenvalue weighted by atomic mass is 10.1. The zero-order chi connectivity index (χ0) is 17.0. The predicted molar refractivity (Wildman–Crippen MR) is 115 cm³/mol. The molecule has 0 amide bonds. The van der Waals surface area contributed by atoms with Crippen molar-refractivity contribution in [2.75, 3.05) is 20.2 Å². The van der Waals surface area contributed by atoms with E-state index in [9.17, 15) is 0 Å². The first-order chi connectivity index (χ1) is 11.8. The molecule has 0 aromatic heterocycles. The Morgan fingerprint density at radius 3 is 2.12 bits per heavy atom. The Kier molecular flexibility index (Phi) is 12.0. The van der Waals surface area contributed by atoms with Crippen LogP contribution in [0.4, 0.5) is 0 Å². The monoisotopic (exact) mass is 427 g/mol. The number of unbranched alkanes of at least 4 members (excludes halogenated alkanes) is 7. The lowest BCUT2D eigenvalue weighted by molar-refractivity contribution is 0.304. The van der Waals surface area contributed by atoms with Gasteiger partial charge in [-0.1, -0.05) is 66.6 Å². The molecule has 0 aliphatic heterocycles. The third-order valence-electron chi connectivity index (χ3n) is 4.36. The molecule has 140 valence electrons. The van der Waals surface area contributed by atoms with E-state index >= 15 is 0 Å². The molecule has 2 aromatic carbocycles. The van der Waals surface area contributed by atoms with Gasteiger partial charge in [0.05, 0.1) is 6.61 Å². The summed E-state index contributed by atoms with van der Waals surface area (Å²) in [6.45, 7) is 1.98. The van der Waals surface area contributed by atoms with Crippen molar-refractivity contribution in [2.45, 2.75) is 51.4 Å². The number of nitrogens with one attached hydrogen (secondary N) is 1. The molecular weight excluding hydrogens is 398 g/mol. The van der Waals surface area contributed by atoms with Gasteiger partial charge in [-0.05, 0) is 61.5 Å². The van der Waals surface area contributed by atoms with Crippen molar-refractivity contribution in [3.05, 3.63) is 40.9 Å². The lowest BCUT2D eigenvalue weighted by Crippen LogP contribution is -2.06. The van der Waals surface area contributed by atoms with Crippen LogP contribution in [0.25, 0.3) is 10.8 Å². The molecule has 0 heterocycles. The van der Waals surface area contributed by atoms with E-state index < -0.39 is 0 Å². The molecule has 0 saturated carbocycles. The Morgan fingerprint density at radius 1 is 0.800 bits per heavy atom. The van der Waals surface area contributed by atoms with Gasteiger partial charge in [0.1, 0.15) is 5.75 Å². The molecule has 4 heteroatoms. The molecule has 0 spiro atoms. The van der Waals surface area contributed by atoms with Crippen LogP contribution in [0.2, 0.25) is 0 Å². The quantitative estimate of drug-likeness (QED) is 0.378. The standard InChI is InChI=1S/C21H30BrNO.ClH/c1-23-14-8-6-4-2-3-5-7-9-15-24-21-13-11-18-16-20(22)12-10-19(18)17-21;/h10-13,16-17,23H,2-9,14-15H2,1H3;1H. The molecular formula is C21H31BrClNO. The normalized spacial score (nSPS) is 10.6.